The van der Waals surface area contributed by atoms with E-state index < -0.39 is 7.12 Å². The molecule has 14 heavy (non-hydrogen) atoms. The highest BCUT2D eigenvalue weighted by atomic mass is 127. The Hall–Kier alpha value is -0.585. The maximum atomic E-state index is 9.17. The molecule has 0 saturated heterocycles. The Morgan fingerprint density at radius 1 is 0.929 bits per heavy atom. The molecular weight excluding hydrogens is 290 g/mol. The molecule has 2 rings (SSSR count). The number of fused-ring (bicyclic) bond motifs is 1. The Morgan fingerprint density at radius 3 is 2.21 bits per heavy atom. The summed E-state index contributed by atoms with van der Waals surface area (Å²) in [6, 6.07) is 11.3. The lowest BCUT2D eigenvalue weighted by Crippen LogP contribution is -2.30. The number of hydrogen-bond acceptors (Lipinski definition) is 2. The average molecular weight is 298 g/mol. The molecule has 0 saturated carbocycles. The van der Waals surface area contributed by atoms with E-state index in [1.54, 1.807) is 6.07 Å². The quantitative estimate of drug-likeness (QED) is 0.612. The predicted molar refractivity (Wildman–Crippen MR) is 66.5 cm³/mol. The standard InChI is InChI=1S/C10H8BIO2/c12-10-6-5-9(11(13)14)7-3-1-2-4-8(7)10/h1-6,13-14H. The summed E-state index contributed by atoms with van der Waals surface area (Å²) in [6.07, 6.45) is 0. The van der Waals surface area contributed by atoms with E-state index in [9.17, 15) is 0 Å². The summed E-state index contributed by atoms with van der Waals surface area (Å²) >= 11 is 2.23. The van der Waals surface area contributed by atoms with Crippen molar-refractivity contribution < 1.29 is 10.0 Å². The topological polar surface area (TPSA) is 40.5 Å². The molecule has 0 aromatic heterocycles. The molecular formula is C10H8BIO2. The van der Waals surface area contributed by atoms with Crippen molar-refractivity contribution in [1.82, 2.24) is 0 Å². The largest absolute Gasteiger partial charge is 0.489 e. The summed E-state index contributed by atoms with van der Waals surface area (Å²) < 4.78 is 1.11. The maximum Gasteiger partial charge on any atom is 0.489 e. The lowest BCUT2D eigenvalue weighted by molar-refractivity contribution is 0.426. The van der Waals surface area contributed by atoms with Gasteiger partial charge >= 0.3 is 7.12 Å². The van der Waals surface area contributed by atoms with Gasteiger partial charge in [-0.2, -0.15) is 0 Å². The highest BCUT2D eigenvalue weighted by Crippen LogP contribution is 2.18. The van der Waals surface area contributed by atoms with Crippen molar-refractivity contribution >= 4 is 45.9 Å². The van der Waals surface area contributed by atoms with Crippen LogP contribution in [0.5, 0.6) is 0 Å². The molecule has 0 amide bonds. The highest BCUT2D eigenvalue weighted by Gasteiger charge is 2.14. The van der Waals surface area contributed by atoms with Gasteiger partial charge in [0, 0.05) is 3.57 Å². The number of halogens is 1. The molecule has 0 heterocycles. The maximum absolute atomic E-state index is 9.17. The summed E-state index contributed by atoms with van der Waals surface area (Å²) in [7, 11) is -1.41. The number of hydrogen-bond donors (Lipinski definition) is 2. The van der Waals surface area contributed by atoms with Crippen molar-refractivity contribution in [1.29, 1.82) is 0 Å². The van der Waals surface area contributed by atoms with Crippen LogP contribution in [0.1, 0.15) is 0 Å². The summed E-state index contributed by atoms with van der Waals surface area (Å²) in [5, 5.41) is 20.3. The van der Waals surface area contributed by atoms with Crippen LogP contribution in [0, 0.1) is 3.57 Å². The minimum absolute atomic E-state index is 0.556. The van der Waals surface area contributed by atoms with Crippen LogP contribution < -0.4 is 5.46 Å². The molecule has 0 fully saturated rings. The van der Waals surface area contributed by atoms with E-state index in [-0.39, 0.29) is 0 Å². The molecule has 0 atom stereocenters. The van der Waals surface area contributed by atoms with E-state index in [1.807, 2.05) is 30.3 Å². The zero-order valence-corrected chi connectivity index (χ0v) is 9.47. The first-order valence-electron chi connectivity index (χ1n) is 4.23. The van der Waals surface area contributed by atoms with E-state index in [0.29, 0.717) is 5.46 Å². The SMILES string of the molecule is OB(O)c1ccc(I)c2ccccc12. The molecule has 70 valence electrons. The van der Waals surface area contributed by atoms with Crippen LogP contribution in [0.4, 0.5) is 0 Å². The highest BCUT2D eigenvalue weighted by molar-refractivity contribution is 14.1. The van der Waals surface area contributed by atoms with Crippen LogP contribution >= 0.6 is 22.6 Å². The second-order valence-electron chi connectivity index (χ2n) is 3.06. The first-order valence-corrected chi connectivity index (χ1v) is 5.31. The molecule has 0 unspecified atom stereocenters. The third kappa shape index (κ3) is 1.65. The van der Waals surface area contributed by atoms with Crippen LogP contribution in [0.3, 0.4) is 0 Å². The van der Waals surface area contributed by atoms with Gasteiger partial charge in [0.25, 0.3) is 0 Å². The molecule has 0 aliphatic carbocycles. The lowest BCUT2D eigenvalue weighted by atomic mass is 9.77. The Morgan fingerprint density at radius 2 is 1.57 bits per heavy atom. The molecule has 0 radical (unpaired) electrons. The second kappa shape index (κ2) is 3.88. The van der Waals surface area contributed by atoms with Gasteiger partial charge in [0.15, 0.2) is 0 Å². The number of rotatable bonds is 1. The van der Waals surface area contributed by atoms with Crippen molar-refractivity contribution in [3.05, 3.63) is 40.0 Å². The first-order chi connectivity index (χ1) is 6.70. The molecule has 0 bridgehead atoms. The van der Waals surface area contributed by atoms with Gasteiger partial charge in [0.05, 0.1) is 0 Å². The molecule has 2 aromatic carbocycles. The van der Waals surface area contributed by atoms with Crippen molar-refractivity contribution in [3.8, 4) is 0 Å². The third-order valence-corrected chi connectivity index (χ3v) is 3.12. The van der Waals surface area contributed by atoms with Crippen molar-refractivity contribution in [3.63, 3.8) is 0 Å². The van der Waals surface area contributed by atoms with Crippen molar-refractivity contribution in [2.75, 3.05) is 0 Å². The van der Waals surface area contributed by atoms with Gasteiger partial charge in [-0.15, -0.1) is 0 Å². The van der Waals surface area contributed by atoms with Gasteiger partial charge < -0.3 is 10.0 Å². The lowest BCUT2D eigenvalue weighted by Gasteiger charge is -2.06. The summed E-state index contributed by atoms with van der Waals surface area (Å²) in [5.41, 5.74) is 0.556. The van der Waals surface area contributed by atoms with E-state index in [0.717, 1.165) is 14.3 Å². The van der Waals surface area contributed by atoms with Gasteiger partial charge in [0.2, 0.25) is 0 Å². The van der Waals surface area contributed by atoms with Crippen LogP contribution in [0.15, 0.2) is 36.4 Å². The molecule has 0 aliphatic heterocycles. The fourth-order valence-corrected chi connectivity index (χ4v) is 2.16. The van der Waals surface area contributed by atoms with E-state index >= 15 is 0 Å². The van der Waals surface area contributed by atoms with Gasteiger partial charge in [-0.05, 0) is 44.9 Å². The van der Waals surface area contributed by atoms with E-state index in [1.165, 1.54) is 0 Å². The Bertz CT molecular complexity index is 471. The van der Waals surface area contributed by atoms with Crippen LogP contribution in [0.2, 0.25) is 0 Å². The predicted octanol–water partition coefficient (Wildman–Crippen LogP) is 1.12. The second-order valence-corrected chi connectivity index (χ2v) is 4.22. The van der Waals surface area contributed by atoms with E-state index in [2.05, 4.69) is 22.6 Å². The molecule has 2 N–H and O–H groups in total. The van der Waals surface area contributed by atoms with Crippen LogP contribution in [0.25, 0.3) is 10.8 Å². The summed E-state index contributed by atoms with van der Waals surface area (Å²) in [4.78, 5) is 0. The molecule has 2 nitrogen and oxygen atoms in total. The van der Waals surface area contributed by atoms with Crippen LogP contribution in [-0.2, 0) is 0 Å². The average Bonchev–Trinajstić information content (AvgIpc) is 2.18. The Balaban J connectivity index is 2.82. The smallest absolute Gasteiger partial charge is 0.423 e. The van der Waals surface area contributed by atoms with Gasteiger partial charge in [0.1, 0.15) is 0 Å². The minimum atomic E-state index is -1.41. The van der Waals surface area contributed by atoms with Gasteiger partial charge in [-0.1, -0.05) is 30.3 Å². The van der Waals surface area contributed by atoms with Crippen molar-refractivity contribution in [2.45, 2.75) is 0 Å². The minimum Gasteiger partial charge on any atom is -0.423 e. The molecule has 2 aromatic rings. The molecule has 4 heteroatoms. The van der Waals surface area contributed by atoms with Crippen molar-refractivity contribution in [2.24, 2.45) is 0 Å². The normalized spacial score (nSPS) is 10.5. The fourth-order valence-electron chi connectivity index (χ4n) is 1.51. The van der Waals surface area contributed by atoms with E-state index in [4.69, 9.17) is 10.0 Å². The first kappa shape index (κ1) is 9.95. The van der Waals surface area contributed by atoms with Gasteiger partial charge in [-0.3, -0.25) is 0 Å². The monoisotopic (exact) mass is 298 g/mol. The summed E-state index contributed by atoms with van der Waals surface area (Å²) in [6.45, 7) is 0. The molecule has 0 spiro atoms. The van der Waals surface area contributed by atoms with Gasteiger partial charge in [-0.25, -0.2) is 0 Å². The zero-order valence-electron chi connectivity index (χ0n) is 7.31. The molecule has 0 aliphatic rings. The third-order valence-electron chi connectivity index (χ3n) is 2.18. The zero-order chi connectivity index (χ0) is 10.1. The Kier molecular flexibility index (Phi) is 2.76. The van der Waals surface area contributed by atoms with Crippen LogP contribution in [-0.4, -0.2) is 17.2 Å². The number of benzene rings is 2. The fraction of sp³-hybridized carbons (Fsp3) is 0. The Labute approximate surface area is 95.9 Å². The summed E-state index contributed by atoms with van der Waals surface area (Å²) in [5.74, 6) is 0.